The van der Waals surface area contributed by atoms with Crippen LogP contribution in [0.2, 0.25) is 0 Å². The van der Waals surface area contributed by atoms with E-state index >= 15 is 0 Å². The van der Waals surface area contributed by atoms with Crippen molar-refractivity contribution in [1.82, 2.24) is 0 Å². The number of aliphatic hydroxyl groups excluding tert-OH is 1. The summed E-state index contributed by atoms with van der Waals surface area (Å²) in [7, 11) is 0. The molecule has 58 valence electrons. The van der Waals surface area contributed by atoms with E-state index < -0.39 is 0 Å². The molecule has 2 aliphatic carbocycles. The monoisotopic (exact) mass is 140 g/mol. The first-order valence-electron chi connectivity index (χ1n) is 4.44. The van der Waals surface area contributed by atoms with E-state index in [0.717, 1.165) is 6.42 Å². The number of hydrogen-bond acceptors (Lipinski definition) is 1. The molecule has 3 atom stereocenters. The summed E-state index contributed by atoms with van der Waals surface area (Å²) >= 11 is 0. The van der Waals surface area contributed by atoms with Crippen LogP contribution in [0.15, 0.2) is 0 Å². The zero-order valence-electron chi connectivity index (χ0n) is 6.64. The van der Waals surface area contributed by atoms with Gasteiger partial charge in [-0.25, -0.2) is 0 Å². The first-order valence-corrected chi connectivity index (χ1v) is 4.44. The third-order valence-electron chi connectivity index (χ3n) is 3.68. The van der Waals surface area contributed by atoms with Gasteiger partial charge < -0.3 is 5.11 Å². The molecule has 1 N–H and O–H groups in total. The highest BCUT2D eigenvalue weighted by Crippen LogP contribution is 2.55. The summed E-state index contributed by atoms with van der Waals surface area (Å²) in [5.41, 5.74) is 0.573. The minimum absolute atomic E-state index is 0.0497. The first-order chi connectivity index (χ1) is 4.76. The van der Waals surface area contributed by atoms with Crippen LogP contribution >= 0.6 is 0 Å². The van der Waals surface area contributed by atoms with E-state index in [0.29, 0.717) is 11.3 Å². The third-order valence-corrected chi connectivity index (χ3v) is 3.68. The smallest absolute Gasteiger partial charge is 0.0573 e. The number of fused-ring (bicyclic) bond motifs is 2. The molecule has 2 rings (SSSR count). The van der Waals surface area contributed by atoms with Crippen molar-refractivity contribution in [3.63, 3.8) is 0 Å². The molecule has 1 heteroatoms. The maximum absolute atomic E-state index is 9.52. The SMILES string of the molecule is CC[C@]12CC[C@H](C1)[C@@H](O)C2. The summed E-state index contributed by atoms with van der Waals surface area (Å²) in [6, 6.07) is 0. The minimum Gasteiger partial charge on any atom is -0.393 e. The molecule has 2 saturated carbocycles. The Kier molecular flexibility index (Phi) is 1.31. The normalized spacial score (nSPS) is 52.2. The average molecular weight is 140 g/mol. The molecule has 2 fully saturated rings. The van der Waals surface area contributed by atoms with Crippen molar-refractivity contribution in [1.29, 1.82) is 0 Å². The van der Waals surface area contributed by atoms with Crippen molar-refractivity contribution in [3.8, 4) is 0 Å². The van der Waals surface area contributed by atoms with Gasteiger partial charge in [0, 0.05) is 0 Å². The summed E-state index contributed by atoms with van der Waals surface area (Å²) in [6.07, 6.45) is 6.40. The van der Waals surface area contributed by atoms with E-state index in [1.165, 1.54) is 25.7 Å². The molecule has 0 aromatic carbocycles. The maximum atomic E-state index is 9.52. The van der Waals surface area contributed by atoms with Crippen LogP contribution in [0, 0.1) is 11.3 Å². The van der Waals surface area contributed by atoms with E-state index in [1.54, 1.807) is 0 Å². The van der Waals surface area contributed by atoms with Gasteiger partial charge in [-0.3, -0.25) is 0 Å². The van der Waals surface area contributed by atoms with Gasteiger partial charge in [0.2, 0.25) is 0 Å². The Hall–Kier alpha value is -0.0400. The number of hydrogen-bond donors (Lipinski definition) is 1. The van der Waals surface area contributed by atoms with Gasteiger partial charge in [-0.1, -0.05) is 13.3 Å². The Bertz CT molecular complexity index is 140. The van der Waals surface area contributed by atoms with Crippen molar-refractivity contribution in [2.75, 3.05) is 0 Å². The molecule has 0 spiro atoms. The van der Waals surface area contributed by atoms with Crippen LogP contribution in [0.3, 0.4) is 0 Å². The van der Waals surface area contributed by atoms with Crippen LogP contribution in [0.1, 0.15) is 39.0 Å². The molecular formula is C9H16O. The summed E-state index contributed by atoms with van der Waals surface area (Å²) < 4.78 is 0. The lowest BCUT2D eigenvalue weighted by molar-refractivity contribution is 0.0941. The second-order valence-electron chi connectivity index (χ2n) is 4.13. The van der Waals surface area contributed by atoms with Gasteiger partial charge in [0.05, 0.1) is 6.10 Å². The van der Waals surface area contributed by atoms with E-state index in [1.807, 2.05) is 0 Å². The van der Waals surface area contributed by atoms with Crippen molar-refractivity contribution >= 4 is 0 Å². The lowest BCUT2D eigenvalue weighted by Gasteiger charge is -2.26. The highest BCUT2D eigenvalue weighted by molar-refractivity contribution is 4.99. The van der Waals surface area contributed by atoms with Gasteiger partial charge in [0.15, 0.2) is 0 Å². The van der Waals surface area contributed by atoms with Gasteiger partial charge in [-0.2, -0.15) is 0 Å². The highest BCUT2D eigenvalue weighted by Gasteiger charge is 2.48. The summed E-state index contributed by atoms with van der Waals surface area (Å²) in [5.74, 6) is 0.667. The van der Waals surface area contributed by atoms with Gasteiger partial charge in [-0.15, -0.1) is 0 Å². The molecule has 10 heavy (non-hydrogen) atoms. The number of aliphatic hydroxyl groups is 1. The fourth-order valence-electron chi connectivity index (χ4n) is 2.84. The molecule has 2 aliphatic rings. The lowest BCUT2D eigenvalue weighted by Crippen LogP contribution is -2.20. The predicted octanol–water partition coefficient (Wildman–Crippen LogP) is 1.95. The fourth-order valence-corrected chi connectivity index (χ4v) is 2.84. The highest BCUT2D eigenvalue weighted by atomic mass is 16.3. The van der Waals surface area contributed by atoms with Gasteiger partial charge in [0.1, 0.15) is 0 Å². The van der Waals surface area contributed by atoms with Gasteiger partial charge in [-0.05, 0) is 37.0 Å². The van der Waals surface area contributed by atoms with Crippen LogP contribution in [0.4, 0.5) is 0 Å². The largest absolute Gasteiger partial charge is 0.393 e. The molecule has 0 saturated heterocycles. The van der Waals surface area contributed by atoms with Gasteiger partial charge >= 0.3 is 0 Å². The predicted molar refractivity (Wildman–Crippen MR) is 40.7 cm³/mol. The molecule has 0 aromatic heterocycles. The van der Waals surface area contributed by atoms with Crippen LogP contribution in [-0.4, -0.2) is 11.2 Å². The summed E-state index contributed by atoms with van der Waals surface area (Å²) in [4.78, 5) is 0. The molecule has 0 amide bonds. The van der Waals surface area contributed by atoms with E-state index in [9.17, 15) is 5.11 Å². The second-order valence-corrected chi connectivity index (χ2v) is 4.13. The first kappa shape index (κ1) is 6.66. The van der Waals surface area contributed by atoms with Crippen LogP contribution in [0.25, 0.3) is 0 Å². The van der Waals surface area contributed by atoms with Crippen LogP contribution < -0.4 is 0 Å². The minimum atomic E-state index is 0.0497. The maximum Gasteiger partial charge on any atom is 0.0573 e. The third kappa shape index (κ3) is 0.731. The number of rotatable bonds is 1. The van der Waals surface area contributed by atoms with E-state index in [-0.39, 0.29) is 6.10 Å². The van der Waals surface area contributed by atoms with Crippen LogP contribution in [-0.2, 0) is 0 Å². The second kappa shape index (κ2) is 1.97. The Morgan fingerprint density at radius 1 is 1.50 bits per heavy atom. The van der Waals surface area contributed by atoms with E-state index in [4.69, 9.17) is 0 Å². The molecule has 0 heterocycles. The summed E-state index contributed by atoms with van der Waals surface area (Å²) in [5, 5.41) is 9.52. The molecule has 0 aromatic rings. The Morgan fingerprint density at radius 3 is 2.60 bits per heavy atom. The molecule has 2 bridgehead atoms. The quantitative estimate of drug-likeness (QED) is 0.590. The fraction of sp³-hybridized carbons (Fsp3) is 1.00. The molecule has 1 nitrogen and oxygen atoms in total. The molecule has 0 aliphatic heterocycles. The van der Waals surface area contributed by atoms with Gasteiger partial charge in [0.25, 0.3) is 0 Å². The van der Waals surface area contributed by atoms with Crippen molar-refractivity contribution in [3.05, 3.63) is 0 Å². The van der Waals surface area contributed by atoms with E-state index in [2.05, 4.69) is 6.92 Å². The van der Waals surface area contributed by atoms with Crippen molar-refractivity contribution in [2.45, 2.75) is 45.1 Å². The van der Waals surface area contributed by atoms with Crippen LogP contribution in [0.5, 0.6) is 0 Å². The molecular weight excluding hydrogens is 124 g/mol. The Labute approximate surface area is 62.4 Å². The van der Waals surface area contributed by atoms with Crippen molar-refractivity contribution in [2.24, 2.45) is 11.3 Å². The zero-order chi connectivity index (χ0) is 7.19. The zero-order valence-corrected chi connectivity index (χ0v) is 6.64. The molecule has 0 unspecified atom stereocenters. The summed E-state index contributed by atoms with van der Waals surface area (Å²) in [6.45, 7) is 2.26. The van der Waals surface area contributed by atoms with Crippen molar-refractivity contribution < 1.29 is 5.11 Å². The standard InChI is InChI=1S/C9H16O/c1-2-9-4-3-7(5-9)8(10)6-9/h7-8,10H,2-6H2,1H3/t7-,8+,9+/m1/s1. The average Bonchev–Trinajstić information content (AvgIpc) is 2.45. The lowest BCUT2D eigenvalue weighted by atomic mass is 9.81. The molecule has 0 radical (unpaired) electrons. The topological polar surface area (TPSA) is 20.2 Å². The Morgan fingerprint density at radius 2 is 2.30 bits per heavy atom. The Balaban J connectivity index is 2.14.